The number of aliphatic carboxylic acids is 1. The van der Waals surface area contributed by atoms with Gasteiger partial charge < -0.3 is 25.6 Å². The molecule has 0 fully saturated rings. The second-order valence-electron chi connectivity index (χ2n) is 19.7. The summed E-state index contributed by atoms with van der Waals surface area (Å²) in [4.78, 5) is 47.9. The Labute approximate surface area is 407 Å². The van der Waals surface area contributed by atoms with E-state index in [1.54, 1.807) is 0 Å². The van der Waals surface area contributed by atoms with Crippen LogP contribution in [0.15, 0.2) is 12.2 Å². The molecule has 0 saturated carbocycles. The van der Waals surface area contributed by atoms with Gasteiger partial charge in [-0.2, -0.15) is 0 Å². The quantitative estimate of drug-likeness (QED) is 0.0270. The van der Waals surface area contributed by atoms with Crippen LogP contribution < -0.4 is 10.6 Å². The maximum absolute atomic E-state index is 12.9. The average molecular weight is 933 g/mol. The minimum absolute atomic E-state index is 0.0102. The predicted molar refractivity (Wildman–Crippen MR) is 278 cm³/mol. The molecule has 0 aromatic carbocycles. The van der Waals surface area contributed by atoms with Crippen molar-refractivity contribution in [1.82, 2.24) is 10.6 Å². The fraction of sp³-hybridized carbons (Fsp3) is 0.895. The summed E-state index contributed by atoms with van der Waals surface area (Å²) in [7, 11) is 0. The van der Waals surface area contributed by atoms with Crippen LogP contribution in [0.2, 0.25) is 0 Å². The second kappa shape index (κ2) is 52.0. The van der Waals surface area contributed by atoms with Crippen LogP contribution in [0.1, 0.15) is 303 Å². The van der Waals surface area contributed by atoms with Crippen molar-refractivity contribution < 1.29 is 34.1 Å². The van der Waals surface area contributed by atoms with Gasteiger partial charge in [0, 0.05) is 12.8 Å². The van der Waals surface area contributed by atoms with E-state index in [2.05, 4.69) is 36.6 Å². The zero-order chi connectivity index (χ0) is 48.2. The number of aliphatic hydroxyl groups is 1. The molecule has 9 heteroatoms. The van der Waals surface area contributed by atoms with E-state index in [1.165, 1.54) is 212 Å². The number of hydrogen-bond donors (Lipinski definition) is 4. The van der Waals surface area contributed by atoms with E-state index in [9.17, 15) is 19.2 Å². The van der Waals surface area contributed by atoms with Crippen LogP contribution in [0, 0.1) is 0 Å². The van der Waals surface area contributed by atoms with E-state index >= 15 is 0 Å². The van der Waals surface area contributed by atoms with Crippen molar-refractivity contribution in [2.75, 3.05) is 13.2 Å². The third-order valence-electron chi connectivity index (χ3n) is 13.3. The topological polar surface area (TPSA) is 142 Å². The van der Waals surface area contributed by atoms with Crippen molar-refractivity contribution in [2.45, 2.75) is 315 Å². The fourth-order valence-electron chi connectivity index (χ4n) is 8.89. The van der Waals surface area contributed by atoms with Crippen molar-refractivity contribution in [2.24, 2.45) is 0 Å². The highest BCUT2D eigenvalue weighted by atomic mass is 16.5. The average Bonchev–Trinajstić information content (AvgIpc) is 3.30. The molecule has 0 bridgehead atoms. The molecule has 0 aliphatic heterocycles. The number of rotatable bonds is 53. The van der Waals surface area contributed by atoms with Gasteiger partial charge in [0.15, 0.2) is 0 Å². The molecule has 2 atom stereocenters. The molecule has 4 N–H and O–H groups in total. The van der Waals surface area contributed by atoms with Crippen molar-refractivity contribution in [1.29, 1.82) is 0 Å². The predicted octanol–water partition coefficient (Wildman–Crippen LogP) is 15.7. The van der Waals surface area contributed by atoms with Crippen molar-refractivity contribution in [3.63, 3.8) is 0 Å². The lowest BCUT2D eigenvalue weighted by molar-refractivity contribution is -0.150. The first-order valence-electron chi connectivity index (χ1n) is 28.6. The third-order valence-corrected chi connectivity index (χ3v) is 13.3. The van der Waals surface area contributed by atoms with Crippen molar-refractivity contribution in [3.05, 3.63) is 12.2 Å². The van der Waals surface area contributed by atoms with E-state index < -0.39 is 24.5 Å². The number of carboxylic acid groups (broad SMARTS) is 1. The van der Waals surface area contributed by atoms with Gasteiger partial charge in [-0.05, 0) is 64.2 Å². The number of amides is 2. The molecule has 66 heavy (non-hydrogen) atoms. The van der Waals surface area contributed by atoms with E-state index in [0.29, 0.717) is 19.3 Å². The minimum Gasteiger partial charge on any atom is -0.480 e. The lowest BCUT2D eigenvalue weighted by Crippen LogP contribution is -2.47. The van der Waals surface area contributed by atoms with Crippen LogP contribution >= 0.6 is 0 Å². The summed E-state index contributed by atoms with van der Waals surface area (Å²) in [6.07, 6.45) is 59.8. The third kappa shape index (κ3) is 48.1. The first kappa shape index (κ1) is 63.6. The Bertz CT molecular complexity index is 1110. The monoisotopic (exact) mass is 933 g/mol. The Kier molecular flexibility index (Phi) is 50.1. The number of esters is 1. The molecular formula is C57H108N2O7. The summed E-state index contributed by atoms with van der Waals surface area (Å²) in [6.45, 7) is 3.53. The number of carbonyl (C=O) groups is 4. The molecular weight excluding hydrogens is 825 g/mol. The molecule has 0 aliphatic rings. The molecule has 0 aliphatic carbocycles. The van der Waals surface area contributed by atoms with Gasteiger partial charge in [-0.3, -0.25) is 14.4 Å². The highest BCUT2D eigenvalue weighted by Gasteiger charge is 2.19. The van der Waals surface area contributed by atoms with Gasteiger partial charge in [0.1, 0.15) is 12.1 Å². The van der Waals surface area contributed by atoms with E-state index in [0.717, 1.165) is 57.8 Å². The number of carboxylic acids is 1. The van der Waals surface area contributed by atoms with Crippen LogP contribution in [-0.4, -0.2) is 59.3 Å². The molecule has 2 amide bonds. The number of hydrogen-bond acceptors (Lipinski definition) is 6. The molecule has 0 radical (unpaired) electrons. The van der Waals surface area contributed by atoms with Gasteiger partial charge >= 0.3 is 11.9 Å². The molecule has 0 aromatic rings. The van der Waals surface area contributed by atoms with Crippen molar-refractivity contribution in [3.8, 4) is 0 Å². The van der Waals surface area contributed by atoms with Gasteiger partial charge in [-0.15, -0.1) is 0 Å². The molecule has 0 spiro atoms. The SMILES string of the molecule is CCCCCCCCCC/C=C\CCCCCCCCCCCCCC(=O)OC(CCCCCCCCCCCCCCCCC)CCCCCCCC(=O)NCC(=O)NC(CO)C(=O)O. The number of allylic oxidation sites excluding steroid dienone is 2. The zero-order valence-electron chi connectivity index (χ0n) is 43.5. The van der Waals surface area contributed by atoms with Crippen LogP contribution in [0.3, 0.4) is 0 Å². The lowest BCUT2D eigenvalue weighted by Gasteiger charge is -2.18. The zero-order valence-corrected chi connectivity index (χ0v) is 43.5. The van der Waals surface area contributed by atoms with Crippen LogP contribution in [0.25, 0.3) is 0 Å². The summed E-state index contributed by atoms with van der Waals surface area (Å²) in [5.74, 6) is -2.26. The Morgan fingerprint density at radius 3 is 1.14 bits per heavy atom. The number of carbonyl (C=O) groups excluding carboxylic acids is 3. The molecule has 9 nitrogen and oxygen atoms in total. The lowest BCUT2D eigenvalue weighted by atomic mass is 10.0. The van der Waals surface area contributed by atoms with E-state index in [1.807, 2.05) is 0 Å². The molecule has 0 heterocycles. The summed E-state index contributed by atoms with van der Waals surface area (Å²) in [6, 6.07) is -1.38. The first-order chi connectivity index (χ1) is 32.3. The fourth-order valence-corrected chi connectivity index (χ4v) is 8.89. The highest BCUT2D eigenvalue weighted by Crippen LogP contribution is 2.20. The Morgan fingerprint density at radius 2 is 0.773 bits per heavy atom. The van der Waals surface area contributed by atoms with Crippen LogP contribution in [0.4, 0.5) is 0 Å². The van der Waals surface area contributed by atoms with Gasteiger partial charge in [-0.25, -0.2) is 4.79 Å². The Morgan fingerprint density at radius 1 is 0.439 bits per heavy atom. The Hall–Kier alpha value is -2.42. The van der Waals surface area contributed by atoms with Gasteiger partial charge in [0.25, 0.3) is 0 Å². The molecule has 2 unspecified atom stereocenters. The van der Waals surface area contributed by atoms with Gasteiger partial charge in [-0.1, -0.05) is 238 Å². The molecule has 0 rings (SSSR count). The number of aliphatic hydroxyl groups excluding tert-OH is 1. The second-order valence-corrected chi connectivity index (χ2v) is 19.7. The Balaban J connectivity index is 4.20. The number of nitrogens with one attached hydrogen (secondary N) is 2. The number of unbranched alkanes of at least 4 members (excludes halogenated alkanes) is 37. The molecule has 388 valence electrons. The maximum atomic E-state index is 12.9. The smallest absolute Gasteiger partial charge is 0.328 e. The van der Waals surface area contributed by atoms with E-state index in [-0.39, 0.29) is 24.5 Å². The standard InChI is InChI=1S/C57H108N2O7/c1-3-5-7-9-11-13-15-17-19-20-21-22-23-24-25-26-28-30-32-34-36-41-45-49-56(63)66-52(46-42-38-35-33-31-29-27-18-16-14-12-10-8-6-4-2)47-43-39-37-40-44-48-54(61)58-50-55(62)59-53(51-60)57(64)65/h20-21,52-53,60H,3-19,22-51H2,1-2H3,(H,58,61)(H,59,62)(H,64,65)/b21-20-. The van der Waals surface area contributed by atoms with E-state index in [4.69, 9.17) is 14.9 Å². The summed E-state index contributed by atoms with van der Waals surface area (Å²) in [5.41, 5.74) is 0. The minimum atomic E-state index is -1.38. The van der Waals surface area contributed by atoms with Crippen LogP contribution in [-0.2, 0) is 23.9 Å². The summed E-state index contributed by atoms with van der Waals surface area (Å²) >= 11 is 0. The summed E-state index contributed by atoms with van der Waals surface area (Å²) in [5, 5.41) is 22.7. The normalized spacial score (nSPS) is 12.4. The highest BCUT2D eigenvalue weighted by molar-refractivity contribution is 5.87. The maximum Gasteiger partial charge on any atom is 0.328 e. The largest absolute Gasteiger partial charge is 0.480 e. The first-order valence-corrected chi connectivity index (χ1v) is 28.6. The summed E-state index contributed by atoms with van der Waals surface area (Å²) < 4.78 is 6.09. The van der Waals surface area contributed by atoms with Crippen LogP contribution in [0.5, 0.6) is 0 Å². The molecule has 0 aromatic heterocycles. The van der Waals surface area contributed by atoms with Gasteiger partial charge in [0.05, 0.1) is 13.2 Å². The van der Waals surface area contributed by atoms with Gasteiger partial charge in [0.2, 0.25) is 11.8 Å². The van der Waals surface area contributed by atoms with Crippen molar-refractivity contribution >= 4 is 23.8 Å². The number of ether oxygens (including phenoxy) is 1. The molecule has 0 saturated heterocycles.